The summed E-state index contributed by atoms with van der Waals surface area (Å²) in [6.07, 6.45) is 5.00. The number of benzene rings is 1. The van der Waals surface area contributed by atoms with E-state index in [1.54, 1.807) is 0 Å². The summed E-state index contributed by atoms with van der Waals surface area (Å²) >= 11 is 0. The topological polar surface area (TPSA) is 23.5 Å². The van der Waals surface area contributed by atoms with Crippen molar-refractivity contribution in [2.24, 2.45) is 5.92 Å². The highest BCUT2D eigenvalue weighted by molar-refractivity contribution is 5.38. The molecule has 1 aromatic rings. The average molecular weight is 245 g/mol. The summed E-state index contributed by atoms with van der Waals surface area (Å²) in [6.45, 7) is 5.91. The number of phenolic OH excluding ortho intramolecular Hbond substituents is 1. The smallest absolute Gasteiger partial charge is 0.115 e. The van der Waals surface area contributed by atoms with Crippen LogP contribution >= 0.6 is 0 Å². The van der Waals surface area contributed by atoms with Crippen LogP contribution in [0.1, 0.15) is 50.3 Å². The molecule has 3 atom stereocenters. The van der Waals surface area contributed by atoms with Crippen LogP contribution in [0.5, 0.6) is 5.75 Å². The molecule has 2 aliphatic rings. The standard InChI is InChI=1S/C16H23NO/c1-11-8-12(2)17(10-11)16-5-3-4-13-6-7-14(18)9-15(13)16/h6-7,9,11-12,16,18H,3-5,8,10H2,1-2H3. The van der Waals surface area contributed by atoms with E-state index in [1.807, 2.05) is 12.1 Å². The molecule has 0 amide bonds. The van der Waals surface area contributed by atoms with Gasteiger partial charge in [0.2, 0.25) is 0 Å². The van der Waals surface area contributed by atoms with Crippen molar-refractivity contribution < 1.29 is 5.11 Å². The van der Waals surface area contributed by atoms with Gasteiger partial charge in [0.1, 0.15) is 5.75 Å². The fourth-order valence-electron chi connectivity index (χ4n) is 3.87. The van der Waals surface area contributed by atoms with E-state index >= 15 is 0 Å². The summed E-state index contributed by atoms with van der Waals surface area (Å²) < 4.78 is 0. The van der Waals surface area contributed by atoms with E-state index in [9.17, 15) is 5.11 Å². The third kappa shape index (κ3) is 2.03. The van der Waals surface area contributed by atoms with Gasteiger partial charge in [0.15, 0.2) is 0 Å². The number of hydrogen-bond acceptors (Lipinski definition) is 2. The van der Waals surface area contributed by atoms with Crippen LogP contribution < -0.4 is 0 Å². The predicted octanol–water partition coefficient (Wildman–Crippen LogP) is 3.50. The van der Waals surface area contributed by atoms with Crippen LogP contribution in [0.25, 0.3) is 0 Å². The second-order valence-corrected chi connectivity index (χ2v) is 6.18. The first-order chi connectivity index (χ1) is 8.65. The van der Waals surface area contributed by atoms with E-state index in [-0.39, 0.29) is 0 Å². The van der Waals surface area contributed by atoms with Crippen molar-refractivity contribution in [2.45, 2.75) is 51.6 Å². The maximum Gasteiger partial charge on any atom is 0.115 e. The van der Waals surface area contributed by atoms with Gasteiger partial charge in [-0.3, -0.25) is 4.90 Å². The van der Waals surface area contributed by atoms with Crippen LogP contribution in [0.4, 0.5) is 0 Å². The fourth-order valence-corrected chi connectivity index (χ4v) is 3.87. The minimum absolute atomic E-state index is 0.417. The molecular weight excluding hydrogens is 222 g/mol. The Morgan fingerprint density at radius 3 is 2.83 bits per heavy atom. The lowest BCUT2D eigenvalue weighted by molar-refractivity contribution is 0.169. The van der Waals surface area contributed by atoms with Crippen molar-refractivity contribution in [2.75, 3.05) is 6.54 Å². The number of rotatable bonds is 1. The Morgan fingerprint density at radius 1 is 1.28 bits per heavy atom. The largest absolute Gasteiger partial charge is 0.508 e. The van der Waals surface area contributed by atoms with Gasteiger partial charge in [-0.2, -0.15) is 0 Å². The zero-order chi connectivity index (χ0) is 12.7. The Labute approximate surface area is 110 Å². The van der Waals surface area contributed by atoms with Crippen molar-refractivity contribution in [1.82, 2.24) is 4.90 Å². The molecule has 2 nitrogen and oxygen atoms in total. The van der Waals surface area contributed by atoms with Crippen molar-refractivity contribution in [1.29, 1.82) is 0 Å². The number of aromatic hydroxyl groups is 1. The molecule has 18 heavy (non-hydrogen) atoms. The van der Waals surface area contributed by atoms with Crippen molar-refractivity contribution in [3.05, 3.63) is 29.3 Å². The Morgan fingerprint density at radius 2 is 2.11 bits per heavy atom. The first kappa shape index (κ1) is 12.0. The lowest BCUT2D eigenvalue weighted by atomic mass is 9.86. The van der Waals surface area contributed by atoms with E-state index in [4.69, 9.17) is 0 Å². The van der Waals surface area contributed by atoms with Crippen LogP contribution in [0, 0.1) is 5.92 Å². The summed E-state index contributed by atoms with van der Waals surface area (Å²) in [5.41, 5.74) is 2.82. The van der Waals surface area contributed by atoms with Crippen LogP contribution in [-0.2, 0) is 6.42 Å². The van der Waals surface area contributed by atoms with Gasteiger partial charge < -0.3 is 5.11 Å². The molecule has 0 radical (unpaired) electrons. The molecule has 0 aromatic heterocycles. The zero-order valence-electron chi connectivity index (χ0n) is 11.4. The normalized spacial score (nSPS) is 32.4. The summed E-state index contributed by atoms with van der Waals surface area (Å²) in [7, 11) is 0. The zero-order valence-corrected chi connectivity index (χ0v) is 11.4. The van der Waals surface area contributed by atoms with Gasteiger partial charge in [-0.05, 0) is 61.8 Å². The first-order valence-corrected chi connectivity index (χ1v) is 7.22. The third-order valence-electron chi connectivity index (χ3n) is 4.64. The van der Waals surface area contributed by atoms with E-state index in [1.165, 1.54) is 43.4 Å². The second kappa shape index (κ2) is 4.58. The number of phenols is 1. The molecule has 1 aliphatic heterocycles. The summed E-state index contributed by atoms with van der Waals surface area (Å²) in [4.78, 5) is 2.65. The van der Waals surface area contributed by atoms with Gasteiger partial charge in [-0.1, -0.05) is 13.0 Å². The van der Waals surface area contributed by atoms with Crippen LogP contribution in [0.15, 0.2) is 18.2 Å². The molecule has 1 heterocycles. The molecule has 1 aliphatic carbocycles. The molecule has 1 N–H and O–H groups in total. The Hall–Kier alpha value is -1.02. The molecular formula is C16H23NO. The lowest BCUT2D eigenvalue weighted by Gasteiger charge is -2.36. The molecule has 3 rings (SSSR count). The summed E-state index contributed by atoms with van der Waals surface area (Å²) in [5.74, 6) is 1.23. The highest BCUT2D eigenvalue weighted by Gasteiger charge is 2.34. The van der Waals surface area contributed by atoms with Crippen molar-refractivity contribution in [3.8, 4) is 5.75 Å². The Bertz CT molecular complexity index is 443. The maximum atomic E-state index is 9.75. The SMILES string of the molecule is CC1CC(C)N(C2CCCc3ccc(O)cc32)C1. The lowest BCUT2D eigenvalue weighted by Crippen LogP contribution is -2.34. The summed E-state index contributed by atoms with van der Waals surface area (Å²) in [6, 6.07) is 7.15. The molecule has 0 bridgehead atoms. The minimum Gasteiger partial charge on any atom is -0.508 e. The molecule has 1 saturated heterocycles. The van der Waals surface area contributed by atoms with E-state index in [2.05, 4.69) is 24.8 Å². The second-order valence-electron chi connectivity index (χ2n) is 6.18. The molecule has 1 aromatic carbocycles. The van der Waals surface area contributed by atoms with Gasteiger partial charge in [0.05, 0.1) is 0 Å². The first-order valence-electron chi connectivity index (χ1n) is 7.22. The Kier molecular flexibility index (Phi) is 3.06. The minimum atomic E-state index is 0.417. The maximum absolute atomic E-state index is 9.75. The molecule has 2 heteroatoms. The molecule has 98 valence electrons. The number of hydrogen-bond donors (Lipinski definition) is 1. The van der Waals surface area contributed by atoms with E-state index < -0.39 is 0 Å². The van der Waals surface area contributed by atoms with Crippen molar-refractivity contribution >= 4 is 0 Å². The van der Waals surface area contributed by atoms with Gasteiger partial charge in [-0.25, -0.2) is 0 Å². The molecule has 0 spiro atoms. The van der Waals surface area contributed by atoms with Crippen LogP contribution in [-0.4, -0.2) is 22.6 Å². The Balaban J connectivity index is 1.93. The molecule has 3 unspecified atom stereocenters. The van der Waals surface area contributed by atoms with Gasteiger partial charge in [-0.15, -0.1) is 0 Å². The third-order valence-corrected chi connectivity index (χ3v) is 4.64. The highest BCUT2D eigenvalue weighted by Crippen LogP contribution is 2.40. The number of aryl methyl sites for hydroxylation is 1. The highest BCUT2D eigenvalue weighted by atomic mass is 16.3. The van der Waals surface area contributed by atoms with Crippen molar-refractivity contribution in [3.63, 3.8) is 0 Å². The molecule has 0 saturated carbocycles. The van der Waals surface area contributed by atoms with Crippen LogP contribution in [0.2, 0.25) is 0 Å². The number of fused-ring (bicyclic) bond motifs is 1. The fraction of sp³-hybridized carbons (Fsp3) is 0.625. The summed E-state index contributed by atoms with van der Waals surface area (Å²) in [5, 5.41) is 9.75. The number of nitrogens with zero attached hydrogens (tertiary/aromatic N) is 1. The average Bonchev–Trinajstić information content (AvgIpc) is 2.67. The number of likely N-dealkylation sites (tertiary alicyclic amines) is 1. The van der Waals surface area contributed by atoms with Crippen LogP contribution in [0.3, 0.4) is 0 Å². The van der Waals surface area contributed by atoms with E-state index in [0.29, 0.717) is 17.8 Å². The van der Waals surface area contributed by atoms with Gasteiger partial charge in [0, 0.05) is 18.6 Å². The van der Waals surface area contributed by atoms with Gasteiger partial charge in [0.25, 0.3) is 0 Å². The van der Waals surface area contributed by atoms with E-state index in [0.717, 1.165) is 5.92 Å². The predicted molar refractivity (Wildman–Crippen MR) is 73.7 cm³/mol. The monoisotopic (exact) mass is 245 g/mol. The quantitative estimate of drug-likeness (QED) is 0.818. The molecule has 1 fully saturated rings. The van der Waals surface area contributed by atoms with Gasteiger partial charge >= 0.3 is 0 Å².